The highest BCUT2D eigenvalue weighted by Gasteiger charge is 2.35. The average molecular weight is 335 g/mol. The van der Waals surface area contributed by atoms with E-state index in [1.807, 2.05) is 0 Å². The second kappa shape index (κ2) is 9.77. The van der Waals surface area contributed by atoms with Crippen LogP contribution in [-0.2, 0) is 24.4 Å². The first kappa shape index (κ1) is 18.9. The lowest BCUT2D eigenvalue weighted by molar-refractivity contribution is -0.122. The Bertz CT molecular complexity index is 512. The Balaban J connectivity index is 1.90. The summed E-state index contributed by atoms with van der Waals surface area (Å²) >= 11 is 0. The van der Waals surface area contributed by atoms with Gasteiger partial charge in [-0.3, -0.25) is 4.79 Å². The number of ether oxygens (including phenoxy) is 3. The van der Waals surface area contributed by atoms with Crippen LogP contribution in [0.2, 0.25) is 0 Å². The molecular weight excluding hydrogens is 306 g/mol. The van der Waals surface area contributed by atoms with Crippen molar-refractivity contribution in [3.05, 3.63) is 35.4 Å². The Morgan fingerprint density at radius 2 is 1.96 bits per heavy atom. The normalized spacial score (nSPS) is 16.8. The number of benzene rings is 1. The Hall–Kier alpha value is -1.43. The van der Waals surface area contributed by atoms with Crippen molar-refractivity contribution in [1.82, 2.24) is 5.32 Å². The number of carbonyl (C=O) groups excluding carboxylic acids is 1. The van der Waals surface area contributed by atoms with Crippen molar-refractivity contribution >= 4 is 5.91 Å². The zero-order valence-corrected chi connectivity index (χ0v) is 14.8. The molecule has 1 heterocycles. The number of rotatable bonds is 9. The summed E-state index contributed by atoms with van der Waals surface area (Å²) < 4.78 is 15.8. The van der Waals surface area contributed by atoms with Gasteiger partial charge in [-0.1, -0.05) is 24.3 Å². The molecule has 1 aromatic rings. The maximum absolute atomic E-state index is 12.1. The summed E-state index contributed by atoms with van der Waals surface area (Å²) in [6, 6.07) is 8.45. The van der Waals surface area contributed by atoms with E-state index < -0.39 is 0 Å². The van der Waals surface area contributed by atoms with E-state index in [-0.39, 0.29) is 11.3 Å². The lowest BCUT2D eigenvalue weighted by Crippen LogP contribution is -2.45. The second-order valence-electron chi connectivity index (χ2n) is 6.34. The zero-order valence-electron chi connectivity index (χ0n) is 14.8. The SMILES string of the molecule is COCCOCCC(=O)NCC1(c2ccccc2C)CCOCC1. The van der Waals surface area contributed by atoms with E-state index in [0.717, 1.165) is 26.1 Å². The first-order valence-corrected chi connectivity index (χ1v) is 8.65. The summed E-state index contributed by atoms with van der Waals surface area (Å²) in [4.78, 5) is 12.1. The predicted octanol–water partition coefficient (Wildman–Crippen LogP) is 2.21. The van der Waals surface area contributed by atoms with Crippen LogP contribution in [0.15, 0.2) is 24.3 Å². The molecular formula is C19H29NO4. The maximum atomic E-state index is 12.1. The van der Waals surface area contributed by atoms with Crippen molar-refractivity contribution in [1.29, 1.82) is 0 Å². The van der Waals surface area contributed by atoms with Gasteiger partial charge in [0.1, 0.15) is 0 Å². The standard InChI is InChI=1S/C19H29NO4/c1-16-5-3-4-6-17(16)19(8-11-24-12-9-19)15-20-18(21)7-10-23-14-13-22-2/h3-6H,7-15H2,1-2H3,(H,20,21). The average Bonchev–Trinajstić information content (AvgIpc) is 2.61. The van der Waals surface area contributed by atoms with E-state index in [1.54, 1.807) is 7.11 Å². The molecule has 1 aliphatic rings. The highest BCUT2D eigenvalue weighted by molar-refractivity contribution is 5.76. The monoisotopic (exact) mass is 335 g/mol. The van der Waals surface area contributed by atoms with Gasteiger partial charge in [0.05, 0.1) is 19.8 Å². The summed E-state index contributed by atoms with van der Waals surface area (Å²) in [7, 11) is 1.63. The molecule has 0 aromatic heterocycles. The third kappa shape index (κ3) is 5.30. The molecule has 1 N–H and O–H groups in total. The minimum atomic E-state index is -0.0316. The molecule has 1 saturated heterocycles. The van der Waals surface area contributed by atoms with E-state index in [9.17, 15) is 4.79 Å². The van der Waals surface area contributed by atoms with E-state index >= 15 is 0 Å². The van der Waals surface area contributed by atoms with Gasteiger partial charge in [-0.25, -0.2) is 0 Å². The number of hydrogen-bond acceptors (Lipinski definition) is 4. The summed E-state index contributed by atoms with van der Waals surface area (Å²) in [6.07, 6.45) is 2.25. The summed E-state index contributed by atoms with van der Waals surface area (Å²) in [5.41, 5.74) is 2.57. The highest BCUT2D eigenvalue weighted by atomic mass is 16.5. The number of aryl methyl sites for hydroxylation is 1. The molecule has 2 rings (SSSR count). The Kier molecular flexibility index (Phi) is 7.69. The molecule has 5 nitrogen and oxygen atoms in total. The Morgan fingerprint density at radius 1 is 1.21 bits per heavy atom. The Labute approximate surface area is 144 Å². The van der Waals surface area contributed by atoms with Crippen LogP contribution in [-0.4, -0.2) is 52.6 Å². The minimum Gasteiger partial charge on any atom is -0.382 e. The second-order valence-corrected chi connectivity index (χ2v) is 6.34. The molecule has 134 valence electrons. The molecule has 0 spiro atoms. The third-order valence-electron chi connectivity index (χ3n) is 4.70. The van der Waals surface area contributed by atoms with Gasteiger partial charge in [0.15, 0.2) is 0 Å². The molecule has 1 aromatic carbocycles. The summed E-state index contributed by atoms with van der Waals surface area (Å²) in [6.45, 7) is 5.77. The number of nitrogens with one attached hydrogen (secondary N) is 1. The Morgan fingerprint density at radius 3 is 2.67 bits per heavy atom. The quantitative estimate of drug-likeness (QED) is 0.703. The van der Waals surface area contributed by atoms with Gasteiger partial charge < -0.3 is 19.5 Å². The molecule has 1 fully saturated rings. The molecule has 0 unspecified atom stereocenters. The smallest absolute Gasteiger partial charge is 0.222 e. The predicted molar refractivity (Wildman–Crippen MR) is 93.2 cm³/mol. The van der Waals surface area contributed by atoms with Crippen LogP contribution in [0.25, 0.3) is 0 Å². The first-order chi connectivity index (χ1) is 11.7. The summed E-state index contributed by atoms with van der Waals surface area (Å²) in [5.74, 6) is 0.0341. The van der Waals surface area contributed by atoms with Crippen molar-refractivity contribution in [2.45, 2.75) is 31.6 Å². The van der Waals surface area contributed by atoms with Crippen LogP contribution in [0.3, 0.4) is 0 Å². The van der Waals surface area contributed by atoms with Gasteiger partial charge in [-0.2, -0.15) is 0 Å². The van der Waals surface area contributed by atoms with Crippen LogP contribution in [0.4, 0.5) is 0 Å². The fourth-order valence-corrected chi connectivity index (χ4v) is 3.24. The van der Waals surface area contributed by atoms with Crippen LogP contribution >= 0.6 is 0 Å². The molecule has 0 bridgehead atoms. The van der Waals surface area contributed by atoms with Gasteiger partial charge >= 0.3 is 0 Å². The molecule has 1 aliphatic heterocycles. The van der Waals surface area contributed by atoms with Crippen LogP contribution in [0.5, 0.6) is 0 Å². The molecule has 0 saturated carbocycles. The zero-order chi connectivity index (χ0) is 17.3. The lowest BCUT2D eigenvalue weighted by atomic mass is 9.72. The van der Waals surface area contributed by atoms with Gasteiger partial charge in [0.25, 0.3) is 0 Å². The van der Waals surface area contributed by atoms with Crippen LogP contribution in [0.1, 0.15) is 30.4 Å². The topological polar surface area (TPSA) is 56.8 Å². The summed E-state index contributed by atoms with van der Waals surface area (Å²) in [5, 5.41) is 3.10. The molecule has 1 amide bonds. The molecule has 24 heavy (non-hydrogen) atoms. The lowest BCUT2D eigenvalue weighted by Gasteiger charge is -2.39. The van der Waals surface area contributed by atoms with Gasteiger partial charge in [0.2, 0.25) is 5.91 Å². The molecule has 0 aliphatic carbocycles. The number of amides is 1. The number of methoxy groups -OCH3 is 1. The highest BCUT2D eigenvalue weighted by Crippen LogP contribution is 2.36. The number of hydrogen-bond donors (Lipinski definition) is 1. The van der Waals surface area contributed by atoms with Gasteiger partial charge in [0, 0.05) is 38.7 Å². The van der Waals surface area contributed by atoms with Gasteiger partial charge in [-0.05, 0) is 30.9 Å². The van der Waals surface area contributed by atoms with Crippen LogP contribution in [0, 0.1) is 6.92 Å². The van der Waals surface area contributed by atoms with Crippen LogP contribution < -0.4 is 5.32 Å². The fourth-order valence-electron chi connectivity index (χ4n) is 3.24. The van der Waals surface area contributed by atoms with Crippen molar-refractivity contribution in [2.75, 3.05) is 46.7 Å². The molecule has 0 radical (unpaired) electrons. The fraction of sp³-hybridized carbons (Fsp3) is 0.632. The number of carbonyl (C=O) groups is 1. The van der Waals surface area contributed by atoms with Crippen molar-refractivity contribution in [3.63, 3.8) is 0 Å². The van der Waals surface area contributed by atoms with Crippen molar-refractivity contribution in [3.8, 4) is 0 Å². The molecule has 5 heteroatoms. The third-order valence-corrected chi connectivity index (χ3v) is 4.70. The van der Waals surface area contributed by atoms with Crippen molar-refractivity contribution < 1.29 is 19.0 Å². The van der Waals surface area contributed by atoms with E-state index in [1.165, 1.54) is 11.1 Å². The minimum absolute atomic E-state index is 0.0316. The van der Waals surface area contributed by atoms with Crippen molar-refractivity contribution in [2.24, 2.45) is 0 Å². The molecule has 0 atom stereocenters. The van der Waals surface area contributed by atoms with E-state index in [0.29, 0.717) is 32.8 Å². The van der Waals surface area contributed by atoms with Gasteiger partial charge in [-0.15, -0.1) is 0 Å². The largest absolute Gasteiger partial charge is 0.382 e. The first-order valence-electron chi connectivity index (χ1n) is 8.65. The maximum Gasteiger partial charge on any atom is 0.222 e. The van der Waals surface area contributed by atoms with E-state index in [2.05, 4.69) is 36.5 Å². The van der Waals surface area contributed by atoms with E-state index in [4.69, 9.17) is 14.2 Å².